The lowest BCUT2D eigenvalue weighted by molar-refractivity contribution is 0.203. The van der Waals surface area contributed by atoms with E-state index in [2.05, 4.69) is 32.5 Å². The van der Waals surface area contributed by atoms with Gasteiger partial charge in [0.15, 0.2) is 11.8 Å². The maximum absolute atomic E-state index is 5.27. The van der Waals surface area contributed by atoms with E-state index in [9.17, 15) is 0 Å². The number of aromatic nitrogens is 3. The zero-order valence-corrected chi connectivity index (χ0v) is 18.5. The molecule has 2 aromatic rings. The summed E-state index contributed by atoms with van der Waals surface area (Å²) < 4.78 is 7.30. The minimum Gasteiger partial charge on any atom is -0.497 e. The van der Waals surface area contributed by atoms with Crippen molar-refractivity contribution in [3.05, 3.63) is 41.5 Å². The van der Waals surface area contributed by atoms with Crippen LogP contribution in [-0.2, 0) is 20.1 Å². The third kappa shape index (κ3) is 4.60. The fraction of sp³-hybridized carbons (Fsp3) is 0.609. The highest BCUT2D eigenvalue weighted by atomic mass is 16.5. The van der Waals surface area contributed by atoms with Crippen molar-refractivity contribution in [1.29, 1.82) is 0 Å². The van der Waals surface area contributed by atoms with Crippen molar-refractivity contribution in [3.8, 4) is 5.75 Å². The monoisotopic (exact) mass is 410 g/mol. The average molecular weight is 411 g/mol. The molecule has 1 saturated heterocycles. The Balaban J connectivity index is 1.48. The molecule has 4 rings (SSSR count). The Bertz CT molecular complexity index is 866. The van der Waals surface area contributed by atoms with Crippen LogP contribution in [0.2, 0.25) is 0 Å². The molecule has 1 spiro atoms. The van der Waals surface area contributed by atoms with Gasteiger partial charge in [-0.25, -0.2) is 4.99 Å². The molecule has 0 amide bonds. The molecule has 1 N–H and O–H groups in total. The van der Waals surface area contributed by atoms with Crippen LogP contribution in [0, 0.1) is 12.3 Å². The highest BCUT2D eigenvalue weighted by Gasteiger charge is 2.39. The number of methoxy groups -OCH3 is 1. The van der Waals surface area contributed by atoms with Crippen molar-refractivity contribution in [2.45, 2.75) is 58.5 Å². The average Bonchev–Trinajstić information content (AvgIpc) is 3.32. The van der Waals surface area contributed by atoms with Crippen molar-refractivity contribution >= 4 is 5.96 Å². The van der Waals surface area contributed by atoms with E-state index in [1.807, 2.05) is 30.7 Å². The number of ether oxygens (including phenoxy) is 1. The van der Waals surface area contributed by atoms with Gasteiger partial charge >= 0.3 is 0 Å². The second-order valence-corrected chi connectivity index (χ2v) is 8.80. The SMILES string of the molecule is COc1ccc(CN=C(NCc2nnc(C)n2C)N2CCC3(CCCCC3)C2)cc1. The molecule has 1 aromatic heterocycles. The first-order valence-electron chi connectivity index (χ1n) is 11.1. The number of hydrogen-bond donors (Lipinski definition) is 1. The number of likely N-dealkylation sites (tertiary alicyclic amines) is 1. The van der Waals surface area contributed by atoms with E-state index in [1.165, 1.54) is 44.1 Å². The van der Waals surface area contributed by atoms with E-state index in [1.54, 1.807) is 7.11 Å². The molecule has 1 aliphatic carbocycles. The first kappa shape index (κ1) is 20.7. The van der Waals surface area contributed by atoms with Crippen LogP contribution < -0.4 is 10.1 Å². The van der Waals surface area contributed by atoms with Crippen molar-refractivity contribution in [1.82, 2.24) is 25.0 Å². The molecular weight excluding hydrogens is 376 g/mol. The van der Waals surface area contributed by atoms with Gasteiger partial charge in [-0.3, -0.25) is 0 Å². The third-order valence-electron chi connectivity index (χ3n) is 6.81. The molecule has 162 valence electrons. The molecule has 1 aliphatic heterocycles. The van der Waals surface area contributed by atoms with Gasteiger partial charge in [-0.2, -0.15) is 0 Å². The maximum Gasteiger partial charge on any atom is 0.194 e. The predicted molar refractivity (Wildman–Crippen MR) is 118 cm³/mol. The van der Waals surface area contributed by atoms with Crippen LogP contribution in [0.4, 0.5) is 0 Å². The van der Waals surface area contributed by atoms with E-state index in [-0.39, 0.29) is 0 Å². The summed E-state index contributed by atoms with van der Waals surface area (Å²) in [6.45, 7) is 5.43. The highest BCUT2D eigenvalue weighted by Crippen LogP contribution is 2.43. The number of guanidine groups is 1. The van der Waals surface area contributed by atoms with Gasteiger partial charge in [-0.05, 0) is 49.3 Å². The summed E-state index contributed by atoms with van der Waals surface area (Å²) in [5.74, 6) is 3.70. The second kappa shape index (κ2) is 9.06. The number of benzene rings is 1. The van der Waals surface area contributed by atoms with Crippen molar-refractivity contribution in [2.75, 3.05) is 20.2 Å². The van der Waals surface area contributed by atoms with E-state index in [0.29, 0.717) is 18.5 Å². The molecule has 7 heteroatoms. The zero-order valence-electron chi connectivity index (χ0n) is 18.5. The van der Waals surface area contributed by atoms with E-state index in [0.717, 1.165) is 36.4 Å². The van der Waals surface area contributed by atoms with Crippen molar-refractivity contribution < 1.29 is 4.74 Å². The summed E-state index contributed by atoms with van der Waals surface area (Å²) in [5.41, 5.74) is 1.67. The standard InChI is InChI=1S/C23H34N6O/c1-18-26-27-21(28(18)2)16-25-22(24-15-19-7-9-20(30-3)10-8-19)29-14-13-23(17-29)11-5-4-6-12-23/h7-10H,4-6,11-17H2,1-3H3,(H,24,25). The van der Waals surface area contributed by atoms with Crippen LogP contribution in [-0.4, -0.2) is 45.8 Å². The Kier molecular flexibility index (Phi) is 6.25. The van der Waals surface area contributed by atoms with Gasteiger partial charge < -0.3 is 19.5 Å². The molecule has 0 bridgehead atoms. The van der Waals surface area contributed by atoms with Crippen LogP contribution in [0.15, 0.2) is 29.3 Å². The lowest BCUT2D eigenvalue weighted by atomic mass is 9.73. The first-order valence-corrected chi connectivity index (χ1v) is 11.1. The Morgan fingerprint density at radius 1 is 1.13 bits per heavy atom. The quantitative estimate of drug-likeness (QED) is 0.604. The summed E-state index contributed by atoms with van der Waals surface area (Å²) in [6.07, 6.45) is 8.13. The van der Waals surface area contributed by atoms with Crippen LogP contribution in [0.25, 0.3) is 0 Å². The number of nitrogens with one attached hydrogen (secondary N) is 1. The summed E-state index contributed by atoms with van der Waals surface area (Å²) in [6, 6.07) is 8.15. The molecule has 2 heterocycles. The number of nitrogens with zero attached hydrogens (tertiary/aromatic N) is 5. The Morgan fingerprint density at radius 2 is 1.90 bits per heavy atom. The normalized spacial score (nSPS) is 18.8. The van der Waals surface area contributed by atoms with Gasteiger partial charge in [-0.15, -0.1) is 10.2 Å². The fourth-order valence-corrected chi connectivity index (χ4v) is 4.75. The molecule has 1 aromatic carbocycles. The Morgan fingerprint density at radius 3 is 2.57 bits per heavy atom. The Labute approximate surface area is 179 Å². The predicted octanol–water partition coefficient (Wildman–Crippen LogP) is 3.43. The van der Waals surface area contributed by atoms with Crippen LogP contribution in [0.3, 0.4) is 0 Å². The van der Waals surface area contributed by atoms with E-state index < -0.39 is 0 Å². The number of rotatable bonds is 5. The van der Waals surface area contributed by atoms with Crippen LogP contribution in [0.5, 0.6) is 5.75 Å². The molecule has 30 heavy (non-hydrogen) atoms. The summed E-state index contributed by atoms with van der Waals surface area (Å²) >= 11 is 0. The van der Waals surface area contributed by atoms with E-state index >= 15 is 0 Å². The third-order valence-corrected chi connectivity index (χ3v) is 6.81. The minimum atomic E-state index is 0.488. The number of hydrogen-bond acceptors (Lipinski definition) is 4. The maximum atomic E-state index is 5.27. The molecule has 7 nitrogen and oxygen atoms in total. The molecule has 0 unspecified atom stereocenters. The zero-order chi connectivity index (χ0) is 21.0. The van der Waals surface area contributed by atoms with Crippen molar-refractivity contribution in [3.63, 3.8) is 0 Å². The van der Waals surface area contributed by atoms with Crippen molar-refractivity contribution in [2.24, 2.45) is 17.5 Å². The van der Waals surface area contributed by atoms with Gasteiger partial charge in [0.05, 0.1) is 20.2 Å². The molecule has 1 saturated carbocycles. The molecule has 0 radical (unpaired) electrons. The summed E-state index contributed by atoms with van der Waals surface area (Å²) in [7, 11) is 3.70. The molecule has 2 fully saturated rings. The van der Waals surface area contributed by atoms with Gasteiger partial charge in [0.2, 0.25) is 0 Å². The lowest BCUT2D eigenvalue weighted by Crippen LogP contribution is -2.41. The fourth-order valence-electron chi connectivity index (χ4n) is 4.75. The summed E-state index contributed by atoms with van der Waals surface area (Å²) in [4.78, 5) is 7.45. The largest absolute Gasteiger partial charge is 0.497 e. The van der Waals surface area contributed by atoms with Gasteiger partial charge in [0, 0.05) is 20.1 Å². The smallest absolute Gasteiger partial charge is 0.194 e. The molecule has 0 atom stereocenters. The van der Waals surface area contributed by atoms with Gasteiger partial charge in [-0.1, -0.05) is 31.4 Å². The first-order chi connectivity index (χ1) is 14.6. The number of aryl methyl sites for hydroxylation is 1. The lowest BCUT2D eigenvalue weighted by Gasteiger charge is -2.33. The molecule has 2 aliphatic rings. The highest BCUT2D eigenvalue weighted by molar-refractivity contribution is 5.80. The number of aliphatic imine (C=N–C) groups is 1. The Hall–Kier alpha value is -2.57. The molecular formula is C23H34N6O. The van der Waals surface area contributed by atoms with E-state index in [4.69, 9.17) is 9.73 Å². The van der Waals surface area contributed by atoms with Crippen LogP contribution >= 0.6 is 0 Å². The van der Waals surface area contributed by atoms with Gasteiger partial charge in [0.25, 0.3) is 0 Å². The van der Waals surface area contributed by atoms with Crippen LogP contribution in [0.1, 0.15) is 55.7 Å². The summed E-state index contributed by atoms with van der Waals surface area (Å²) in [5, 5.41) is 12.0. The van der Waals surface area contributed by atoms with Gasteiger partial charge in [0.1, 0.15) is 11.6 Å². The second-order valence-electron chi connectivity index (χ2n) is 8.80. The minimum absolute atomic E-state index is 0.488. The topological polar surface area (TPSA) is 67.6 Å².